The zero-order chi connectivity index (χ0) is 15.9. The molecule has 5 heteroatoms. The highest BCUT2D eigenvalue weighted by atomic mass is 127. The first-order valence-corrected chi connectivity index (χ1v) is 8.11. The molecule has 0 aromatic heterocycles. The molecule has 0 radical (unpaired) electrons. The zero-order valence-electron chi connectivity index (χ0n) is 14.1. The second-order valence-electron chi connectivity index (χ2n) is 4.99. The normalized spacial score (nSPS) is 10.7. The first kappa shape index (κ1) is 21.9. The Bertz CT molecular complexity index is 424. The van der Waals surface area contributed by atoms with Gasteiger partial charge in [0.25, 0.3) is 0 Å². The molecule has 1 aromatic rings. The molecule has 0 bridgehead atoms. The van der Waals surface area contributed by atoms with E-state index in [1.165, 1.54) is 5.56 Å². The molecule has 1 aromatic carbocycles. The highest BCUT2D eigenvalue weighted by Crippen LogP contribution is 2.00. The first-order valence-electron chi connectivity index (χ1n) is 8.11. The fourth-order valence-corrected chi connectivity index (χ4v) is 1.95. The molecule has 4 nitrogen and oxygen atoms in total. The van der Waals surface area contributed by atoms with Gasteiger partial charge in [0.2, 0.25) is 0 Å². The summed E-state index contributed by atoms with van der Waals surface area (Å²) in [5.41, 5.74) is 1.33. The Kier molecular flexibility index (Phi) is 15.1. The molecule has 0 saturated heterocycles. The van der Waals surface area contributed by atoms with Crippen LogP contribution in [0.15, 0.2) is 48.0 Å². The van der Waals surface area contributed by atoms with Crippen LogP contribution in [0.1, 0.15) is 25.3 Å². The summed E-state index contributed by atoms with van der Waals surface area (Å²) < 4.78 is 5.66. The maximum Gasteiger partial charge on any atom is 0.191 e. The Balaban J connectivity index is 0.00000484. The Labute approximate surface area is 157 Å². The van der Waals surface area contributed by atoms with Gasteiger partial charge in [-0.05, 0) is 31.7 Å². The van der Waals surface area contributed by atoms with Gasteiger partial charge in [0.05, 0.1) is 6.61 Å². The van der Waals surface area contributed by atoms with Crippen molar-refractivity contribution in [1.29, 1.82) is 0 Å². The van der Waals surface area contributed by atoms with Crippen LogP contribution in [0.4, 0.5) is 0 Å². The van der Waals surface area contributed by atoms with Crippen LogP contribution in [0.5, 0.6) is 0 Å². The standard InChI is InChI=1S/C18H29N3O.HI/c1-3-13-20-18(19-4-2)21-14-8-9-15-22-16-12-17-10-6-5-7-11-17;/h3,5-7,10-11H,1,4,8-9,12-16H2,2H3,(H2,19,20,21);1H. The highest BCUT2D eigenvalue weighted by Gasteiger charge is 1.95. The summed E-state index contributed by atoms with van der Waals surface area (Å²) in [5, 5.41) is 6.40. The lowest BCUT2D eigenvalue weighted by Gasteiger charge is -2.09. The SMILES string of the molecule is C=CCNC(=NCCCCOCCc1ccccc1)NCC.I. The number of nitrogens with zero attached hydrogens (tertiary/aromatic N) is 1. The number of guanidine groups is 1. The summed E-state index contributed by atoms with van der Waals surface area (Å²) in [5.74, 6) is 0.854. The molecule has 130 valence electrons. The second-order valence-corrected chi connectivity index (χ2v) is 4.99. The van der Waals surface area contributed by atoms with Crippen LogP contribution in [0.2, 0.25) is 0 Å². The number of nitrogens with one attached hydrogen (secondary N) is 2. The van der Waals surface area contributed by atoms with E-state index in [0.29, 0.717) is 0 Å². The predicted octanol–water partition coefficient (Wildman–Crippen LogP) is 3.39. The predicted molar refractivity (Wildman–Crippen MR) is 110 cm³/mol. The minimum atomic E-state index is 0. The number of hydrogen-bond donors (Lipinski definition) is 2. The van der Waals surface area contributed by atoms with E-state index >= 15 is 0 Å². The van der Waals surface area contributed by atoms with E-state index in [2.05, 4.69) is 53.4 Å². The van der Waals surface area contributed by atoms with Gasteiger partial charge in [-0.2, -0.15) is 0 Å². The number of halogens is 1. The summed E-state index contributed by atoms with van der Waals surface area (Å²) in [6.45, 7) is 9.76. The first-order chi connectivity index (χ1) is 10.9. The maximum atomic E-state index is 5.66. The van der Waals surface area contributed by atoms with Crippen molar-refractivity contribution in [1.82, 2.24) is 10.6 Å². The molecule has 0 heterocycles. The van der Waals surface area contributed by atoms with Gasteiger partial charge in [0, 0.05) is 26.2 Å². The molecular weight excluding hydrogens is 401 g/mol. The molecule has 2 N–H and O–H groups in total. The van der Waals surface area contributed by atoms with E-state index in [-0.39, 0.29) is 24.0 Å². The van der Waals surface area contributed by atoms with E-state index in [1.807, 2.05) is 12.1 Å². The van der Waals surface area contributed by atoms with Gasteiger partial charge in [-0.3, -0.25) is 4.99 Å². The Morgan fingerprint density at radius 3 is 2.65 bits per heavy atom. The van der Waals surface area contributed by atoms with Crippen molar-refractivity contribution in [2.45, 2.75) is 26.2 Å². The lowest BCUT2D eigenvalue weighted by Crippen LogP contribution is -2.37. The quantitative estimate of drug-likeness (QED) is 0.186. The van der Waals surface area contributed by atoms with E-state index in [4.69, 9.17) is 4.74 Å². The molecule has 0 fully saturated rings. The van der Waals surface area contributed by atoms with Crippen LogP contribution in [-0.4, -0.2) is 38.8 Å². The lowest BCUT2D eigenvalue weighted by molar-refractivity contribution is 0.134. The van der Waals surface area contributed by atoms with Gasteiger partial charge in [-0.25, -0.2) is 0 Å². The van der Waals surface area contributed by atoms with Gasteiger partial charge in [0.1, 0.15) is 0 Å². The van der Waals surface area contributed by atoms with Crippen molar-refractivity contribution in [3.8, 4) is 0 Å². The third-order valence-corrected chi connectivity index (χ3v) is 3.10. The summed E-state index contributed by atoms with van der Waals surface area (Å²) in [4.78, 5) is 4.51. The zero-order valence-corrected chi connectivity index (χ0v) is 16.4. The fraction of sp³-hybridized carbons (Fsp3) is 0.500. The molecule has 23 heavy (non-hydrogen) atoms. The summed E-state index contributed by atoms with van der Waals surface area (Å²) in [6.07, 6.45) is 4.89. The van der Waals surface area contributed by atoms with E-state index in [9.17, 15) is 0 Å². The molecule has 0 saturated carbocycles. The largest absolute Gasteiger partial charge is 0.381 e. The van der Waals surface area contributed by atoms with Crippen LogP contribution in [0.25, 0.3) is 0 Å². The van der Waals surface area contributed by atoms with Crippen molar-refractivity contribution < 1.29 is 4.74 Å². The molecule has 0 atom stereocenters. The topological polar surface area (TPSA) is 45.7 Å². The molecule has 0 aliphatic rings. The van der Waals surface area contributed by atoms with Gasteiger partial charge >= 0.3 is 0 Å². The molecule has 0 amide bonds. The van der Waals surface area contributed by atoms with Crippen LogP contribution < -0.4 is 10.6 Å². The minimum absolute atomic E-state index is 0. The average molecular weight is 431 g/mol. The molecule has 0 aliphatic carbocycles. The number of benzene rings is 1. The van der Waals surface area contributed by atoms with Gasteiger partial charge < -0.3 is 15.4 Å². The number of aliphatic imine (C=N–C) groups is 1. The summed E-state index contributed by atoms with van der Waals surface area (Å²) in [7, 11) is 0. The van der Waals surface area contributed by atoms with Crippen molar-refractivity contribution in [2.75, 3.05) is 32.8 Å². The fourth-order valence-electron chi connectivity index (χ4n) is 1.95. The van der Waals surface area contributed by atoms with Crippen molar-refractivity contribution >= 4 is 29.9 Å². The highest BCUT2D eigenvalue weighted by molar-refractivity contribution is 14.0. The van der Waals surface area contributed by atoms with Crippen LogP contribution in [0.3, 0.4) is 0 Å². The van der Waals surface area contributed by atoms with Gasteiger partial charge in [0.15, 0.2) is 5.96 Å². The van der Waals surface area contributed by atoms with E-state index in [0.717, 1.165) is 58.1 Å². The van der Waals surface area contributed by atoms with E-state index in [1.54, 1.807) is 0 Å². The third kappa shape index (κ3) is 12.1. The Morgan fingerprint density at radius 2 is 1.96 bits per heavy atom. The molecule has 0 aliphatic heterocycles. The van der Waals surface area contributed by atoms with Crippen LogP contribution >= 0.6 is 24.0 Å². The smallest absolute Gasteiger partial charge is 0.191 e. The Hall–Kier alpha value is -1.08. The summed E-state index contributed by atoms with van der Waals surface area (Å²) >= 11 is 0. The number of rotatable bonds is 11. The van der Waals surface area contributed by atoms with Crippen LogP contribution in [0, 0.1) is 0 Å². The number of unbranched alkanes of at least 4 members (excludes halogenated alkanes) is 1. The van der Waals surface area contributed by atoms with Crippen molar-refractivity contribution in [2.24, 2.45) is 4.99 Å². The molecular formula is C18H30IN3O. The van der Waals surface area contributed by atoms with Crippen molar-refractivity contribution in [3.63, 3.8) is 0 Å². The minimum Gasteiger partial charge on any atom is -0.381 e. The maximum absolute atomic E-state index is 5.66. The average Bonchev–Trinajstić information content (AvgIpc) is 2.55. The van der Waals surface area contributed by atoms with Crippen LogP contribution in [-0.2, 0) is 11.2 Å². The van der Waals surface area contributed by atoms with Gasteiger partial charge in [-0.1, -0.05) is 36.4 Å². The summed E-state index contributed by atoms with van der Waals surface area (Å²) in [6, 6.07) is 10.4. The molecule has 0 spiro atoms. The lowest BCUT2D eigenvalue weighted by atomic mass is 10.2. The Morgan fingerprint density at radius 1 is 1.17 bits per heavy atom. The number of hydrogen-bond acceptors (Lipinski definition) is 2. The number of ether oxygens (including phenoxy) is 1. The van der Waals surface area contributed by atoms with Crippen molar-refractivity contribution in [3.05, 3.63) is 48.6 Å². The third-order valence-electron chi connectivity index (χ3n) is 3.10. The van der Waals surface area contributed by atoms with E-state index < -0.39 is 0 Å². The second kappa shape index (κ2) is 15.8. The van der Waals surface area contributed by atoms with Gasteiger partial charge in [-0.15, -0.1) is 30.6 Å². The monoisotopic (exact) mass is 431 g/mol. The molecule has 0 unspecified atom stereocenters. The molecule has 1 rings (SSSR count).